The molecule has 1 fully saturated rings. The number of nitrogens with zero attached hydrogens (tertiary/aromatic N) is 1. The first-order valence-corrected chi connectivity index (χ1v) is 5.90. The van der Waals surface area contributed by atoms with E-state index in [4.69, 9.17) is 5.26 Å². The standard InChI is InChI=1S/C12H21N3O/c1-4-12(6-5-7-15-12)10(16)14-9-11(2,3)8-13/h15H,4-7,9H2,1-3H3,(H,14,16). The molecule has 1 heterocycles. The molecule has 0 spiro atoms. The van der Waals surface area contributed by atoms with E-state index in [-0.39, 0.29) is 5.91 Å². The summed E-state index contributed by atoms with van der Waals surface area (Å²) in [7, 11) is 0. The fraction of sp³-hybridized carbons (Fsp3) is 0.833. The van der Waals surface area contributed by atoms with Gasteiger partial charge in [-0.3, -0.25) is 4.79 Å². The molecule has 4 heteroatoms. The largest absolute Gasteiger partial charge is 0.353 e. The average Bonchev–Trinajstić information content (AvgIpc) is 2.76. The molecule has 2 N–H and O–H groups in total. The molecule has 1 atom stereocenters. The zero-order valence-electron chi connectivity index (χ0n) is 10.4. The van der Waals surface area contributed by atoms with E-state index in [9.17, 15) is 4.79 Å². The van der Waals surface area contributed by atoms with Crippen molar-refractivity contribution in [1.82, 2.24) is 10.6 Å². The van der Waals surface area contributed by atoms with Crippen molar-refractivity contribution in [3.05, 3.63) is 0 Å². The lowest BCUT2D eigenvalue weighted by Gasteiger charge is -2.28. The molecular weight excluding hydrogens is 202 g/mol. The first-order valence-electron chi connectivity index (χ1n) is 5.90. The molecule has 4 nitrogen and oxygen atoms in total. The molecule has 16 heavy (non-hydrogen) atoms. The van der Waals surface area contributed by atoms with Crippen molar-refractivity contribution < 1.29 is 4.79 Å². The maximum Gasteiger partial charge on any atom is 0.240 e. The minimum absolute atomic E-state index is 0.0378. The van der Waals surface area contributed by atoms with Crippen LogP contribution in [0, 0.1) is 16.7 Å². The van der Waals surface area contributed by atoms with Crippen molar-refractivity contribution in [2.45, 2.75) is 45.6 Å². The first-order chi connectivity index (χ1) is 7.46. The highest BCUT2D eigenvalue weighted by molar-refractivity contribution is 5.86. The Kier molecular flexibility index (Phi) is 3.93. The molecule has 1 unspecified atom stereocenters. The van der Waals surface area contributed by atoms with Crippen molar-refractivity contribution in [3.8, 4) is 6.07 Å². The summed E-state index contributed by atoms with van der Waals surface area (Å²) >= 11 is 0. The predicted molar refractivity (Wildman–Crippen MR) is 62.7 cm³/mol. The summed E-state index contributed by atoms with van der Waals surface area (Å²) in [6.45, 7) is 6.99. The number of nitrogens with one attached hydrogen (secondary N) is 2. The summed E-state index contributed by atoms with van der Waals surface area (Å²) in [6, 6.07) is 2.18. The normalized spacial score (nSPS) is 25.1. The van der Waals surface area contributed by atoms with Crippen molar-refractivity contribution in [2.75, 3.05) is 13.1 Å². The van der Waals surface area contributed by atoms with Crippen LogP contribution in [-0.2, 0) is 4.79 Å². The zero-order chi connectivity index (χ0) is 12.2. The monoisotopic (exact) mass is 223 g/mol. The van der Waals surface area contributed by atoms with Gasteiger partial charge in [-0.1, -0.05) is 6.92 Å². The van der Waals surface area contributed by atoms with Crippen molar-refractivity contribution >= 4 is 5.91 Å². The van der Waals surface area contributed by atoms with E-state index in [1.54, 1.807) is 0 Å². The quantitative estimate of drug-likeness (QED) is 0.752. The second-order valence-electron chi connectivity index (χ2n) is 5.14. The molecule has 0 bridgehead atoms. The Morgan fingerprint density at radius 2 is 2.31 bits per heavy atom. The van der Waals surface area contributed by atoms with Crippen LogP contribution >= 0.6 is 0 Å². The highest BCUT2D eigenvalue weighted by Crippen LogP contribution is 2.23. The molecule has 0 aromatic heterocycles. The van der Waals surface area contributed by atoms with Crippen LogP contribution in [0.3, 0.4) is 0 Å². The van der Waals surface area contributed by atoms with Crippen LogP contribution in [0.5, 0.6) is 0 Å². The van der Waals surface area contributed by atoms with Gasteiger partial charge in [-0.25, -0.2) is 0 Å². The SMILES string of the molecule is CCC1(C(=O)NCC(C)(C)C#N)CCCN1. The first kappa shape index (κ1) is 13.0. The fourth-order valence-electron chi connectivity index (χ4n) is 1.97. The summed E-state index contributed by atoms with van der Waals surface area (Å²) in [4.78, 5) is 12.1. The van der Waals surface area contributed by atoms with Gasteiger partial charge in [-0.15, -0.1) is 0 Å². The number of nitriles is 1. The van der Waals surface area contributed by atoms with Crippen LogP contribution in [0.1, 0.15) is 40.0 Å². The minimum Gasteiger partial charge on any atom is -0.353 e. The zero-order valence-corrected chi connectivity index (χ0v) is 10.4. The van der Waals surface area contributed by atoms with Crippen molar-refractivity contribution in [3.63, 3.8) is 0 Å². The van der Waals surface area contributed by atoms with Gasteiger partial charge in [0.15, 0.2) is 0 Å². The van der Waals surface area contributed by atoms with Gasteiger partial charge in [0.05, 0.1) is 17.0 Å². The van der Waals surface area contributed by atoms with E-state index in [0.29, 0.717) is 6.54 Å². The minimum atomic E-state index is -0.497. The Labute approximate surface area is 97.4 Å². The average molecular weight is 223 g/mol. The number of rotatable bonds is 4. The third-order valence-electron chi connectivity index (χ3n) is 3.28. The fourth-order valence-corrected chi connectivity index (χ4v) is 1.97. The summed E-state index contributed by atoms with van der Waals surface area (Å²) in [5, 5.41) is 15.0. The third kappa shape index (κ3) is 2.73. The summed E-state index contributed by atoms with van der Waals surface area (Å²) < 4.78 is 0. The molecule has 0 radical (unpaired) electrons. The lowest BCUT2D eigenvalue weighted by atomic mass is 9.91. The number of amides is 1. The summed E-state index contributed by atoms with van der Waals surface area (Å²) in [5.74, 6) is 0.0378. The van der Waals surface area contributed by atoms with Crippen LogP contribution in [0.15, 0.2) is 0 Å². The Morgan fingerprint density at radius 3 is 2.75 bits per heavy atom. The van der Waals surface area contributed by atoms with E-state index >= 15 is 0 Å². The Bertz CT molecular complexity index is 298. The van der Waals surface area contributed by atoms with Gasteiger partial charge in [0.2, 0.25) is 5.91 Å². The Morgan fingerprint density at radius 1 is 1.62 bits per heavy atom. The Hall–Kier alpha value is -1.08. The van der Waals surface area contributed by atoms with Crippen molar-refractivity contribution in [1.29, 1.82) is 5.26 Å². The molecule has 1 aliphatic rings. The van der Waals surface area contributed by atoms with E-state index in [2.05, 4.69) is 16.7 Å². The van der Waals surface area contributed by atoms with E-state index in [1.165, 1.54) is 0 Å². The molecule has 1 saturated heterocycles. The van der Waals surface area contributed by atoms with E-state index in [0.717, 1.165) is 25.8 Å². The molecule has 0 saturated carbocycles. The lowest BCUT2D eigenvalue weighted by molar-refractivity contribution is -0.127. The molecule has 1 aliphatic heterocycles. The lowest BCUT2D eigenvalue weighted by Crippen LogP contribution is -2.54. The Balaban J connectivity index is 2.55. The van der Waals surface area contributed by atoms with Gasteiger partial charge >= 0.3 is 0 Å². The van der Waals surface area contributed by atoms with E-state index < -0.39 is 11.0 Å². The van der Waals surface area contributed by atoms with Gasteiger partial charge in [-0.05, 0) is 39.7 Å². The topological polar surface area (TPSA) is 64.9 Å². The summed E-state index contributed by atoms with van der Waals surface area (Å²) in [6.07, 6.45) is 2.73. The second-order valence-corrected chi connectivity index (χ2v) is 5.14. The van der Waals surface area contributed by atoms with Gasteiger partial charge in [0.1, 0.15) is 0 Å². The molecule has 0 aliphatic carbocycles. The molecule has 0 aromatic rings. The molecule has 1 rings (SSSR count). The van der Waals surface area contributed by atoms with Crippen LogP contribution in [0.25, 0.3) is 0 Å². The molecule has 90 valence electrons. The van der Waals surface area contributed by atoms with Gasteiger partial charge in [0.25, 0.3) is 0 Å². The highest BCUT2D eigenvalue weighted by atomic mass is 16.2. The van der Waals surface area contributed by atoms with Gasteiger partial charge < -0.3 is 10.6 Å². The van der Waals surface area contributed by atoms with Gasteiger partial charge in [0, 0.05) is 6.54 Å². The maximum absolute atomic E-state index is 12.1. The van der Waals surface area contributed by atoms with Crippen LogP contribution in [0.2, 0.25) is 0 Å². The second kappa shape index (κ2) is 4.84. The van der Waals surface area contributed by atoms with Crippen LogP contribution in [-0.4, -0.2) is 24.5 Å². The summed E-state index contributed by atoms with van der Waals surface area (Å²) in [5.41, 5.74) is -0.894. The van der Waals surface area contributed by atoms with E-state index in [1.807, 2.05) is 20.8 Å². The number of hydrogen-bond donors (Lipinski definition) is 2. The van der Waals surface area contributed by atoms with Crippen molar-refractivity contribution in [2.24, 2.45) is 5.41 Å². The molecular formula is C12H21N3O. The maximum atomic E-state index is 12.1. The number of carbonyl (C=O) groups excluding carboxylic acids is 1. The van der Waals surface area contributed by atoms with Crippen LogP contribution < -0.4 is 10.6 Å². The highest BCUT2D eigenvalue weighted by Gasteiger charge is 2.39. The number of carbonyl (C=O) groups is 1. The molecule has 1 amide bonds. The third-order valence-corrected chi connectivity index (χ3v) is 3.28. The van der Waals surface area contributed by atoms with Gasteiger partial charge in [-0.2, -0.15) is 5.26 Å². The predicted octanol–water partition coefficient (Wildman–Crippen LogP) is 1.18. The molecule has 0 aromatic carbocycles. The number of hydrogen-bond acceptors (Lipinski definition) is 3. The van der Waals surface area contributed by atoms with Crippen LogP contribution in [0.4, 0.5) is 0 Å². The smallest absolute Gasteiger partial charge is 0.240 e.